The summed E-state index contributed by atoms with van der Waals surface area (Å²) in [5.41, 5.74) is 1.05. The van der Waals surface area contributed by atoms with E-state index >= 15 is 0 Å². The molecule has 19 heavy (non-hydrogen) atoms. The molecular weight excluding hydrogens is 269 g/mol. The van der Waals surface area contributed by atoms with E-state index in [9.17, 15) is 9.36 Å². The minimum atomic E-state index is -3.61. The number of carbonyl (C=O) groups excluding carboxylic acids is 1. The predicted octanol–water partition coefficient (Wildman–Crippen LogP) is 2.28. The Balaban J connectivity index is 2.77. The molecule has 2 unspecified atom stereocenters. The number of rotatable bonds is 6. The molecule has 0 aromatic heterocycles. The van der Waals surface area contributed by atoms with Crippen molar-refractivity contribution in [2.75, 3.05) is 14.2 Å². The van der Waals surface area contributed by atoms with E-state index in [0.717, 1.165) is 5.56 Å². The van der Waals surface area contributed by atoms with E-state index in [1.54, 1.807) is 12.1 Å². The van der Waals surface area contributed by atoms with Crippen molar-refractivity contribution in [2.45, 2.75) is 19.9 Å². The molecule has 0 amide bonds. The highest BCUT2D eigenvalue weighted by Crippen LogP contribution is 2.43. The maximum Gasteiger partial charge on any atom is 0.459 e. The molecule has 1 N–H and O–H groups in total. The highest BCUT2D eigenvalue weighted by Gasteiger charge is 2.30. The Kier molecular flexibility index (Phi) is 5.54. The molecule has 1 rings (SSSR count). The van der Waals surface area contributed by atoms with Crippen molar-refractivity contribution < 1.29 is 23.1 Å². The third-order valence-electron chi connectivity index (χ3n) is 2.39. The van der Waals surface area contributed by atoms with Crippen LogP contribution in [-0.4, -0.2) is 26.2 Å². The fraction of sp³-hybridized carbons (Fsp3) is 0.417. The summed E-state index contributed by atoms with van der Waals surface area (Å²) in [5, 5.41) is 2.49. The van der Waals surface area contributed by atoms with Crippen LogP contribution in [0.1, 0.15) is 12.5 Å². The van der Waals surface area contributed by atoms with Gasteiger partial charge in [-0.15, -0.1) is 0 Å². The lowest BCUT2D eigenvalue weighted by atomic mass is 10.2. The Bertz CT molecular complexity index is 474. The topological polar surface area (TPSA) is 73.9 Å². The molecule has 7 heteroatoms. The zero-order chi connectivity index (χ0) is 14.5. The van der Waals surface area contributed by atoms with E-state index in [-0.39, 0.29) is 0 Å². The van der Waals surface area contributed by atoms with Crippen LogP contribution >= 0.6 is 7.75 Å². The third-order valence-corrected chi connectivity index (χ3v) is 4.03. The summed E-state index contributed by atoms with van der Waals surface area (Å²) in [4.78, 5) is 11.3. The van der Waals surface area contributed by atoms with E-state index in [2.05, 4.69) is 9.82 Å². The molecule has 0 fully saturated rings. The number of aryl methyl sites for hydroxylation is 1. The van der Waals surface area contributed by atoms with Crippen molar-refractivity contribution >= 4 is 13.7 Å². The van der Waals surface area contributed by atoms with Gasteiger partial charge in [0.2, 0.25) is 0 Å². The number of benzene rings is 1. The van der Waals surface area contributed by atoms with Crippen molar-refractivity contribution in [3.8, 4) is 5.75 Å². The van der Waals surface area contributed by atoms with E-state index in [0.29, 0.717) is 5.75 Å². The van der Waals surface area contributed by atoms with Crippen LogP contribution < -0.4 is 9.61 Å². The molecule has 0 bridgehead atoms. The number of esters is 1. The SMILES string of the molecule is COC(=O)C(C)NP(=O)(OC)Oc1ccc(C)cc1. The Morgan fingerprint density at radius 3 is 2.32 bits per heavy atom. The first-order valence-corrected chi connectivity index (χ1v) is 7.22. The number of carbonyl (C=O) groups is 1. The van der Waals surface area contributed by atoms with Gasteiger partial charge in [-0.2, -0.15) is 5.09 Å². The molecule has 0 heterocycles. The molecule has 6 nitrogen and oxygen atoms in total. The van der Waals surface area contributed by atoms with Crippen molar-refractivity contribution in [3.05, 3.63) is 29.8 Å². The zero-order valence-corrected chi connectivity index (χ0v) is 12.3. The first-order chi connectivity index (χ1) is 8.90. The van der Waals surface area contributed by atoms with Crippen LogP contribution in [0.25, 0.3) is 0 Å². The fourth-order valence-corrected chi connectivity index (χ4v) is 2.53. The lowest BCUT2D eigenvalue weighted by molar-refractivity contribution is -0.142. The Morgan fingerprint density at radius 2 is 1.84 bits per heavy atom. The van der Waals surface area contributed by atoms with Crippen molar-refractivity contribution in [1.82, 2.24) is 5.09 Å². The average molecular weight is 287 g/mol. The second-order valence-corrected chi connectivity index (χ2v) is 5.76. The molecule has 106 valence electrons. The molecule has 0 aliphatic heterocycles. The summed E-state index contributed by atoms with van der Waals surface area (Å²) in [6, 6.07) is 6.18. The molecule has 0 aliphatic rings. The molecule has 0 spiro atoms. The molecular formula is C12H18NO5P. The second-order valence-electron chi connectivity index (χ2n) is 3.96. The minimum Gasteiger partial charge on any atom is -0.468 e. The summed E-state index contributed by atoms with van der Waals surface area (Å²) in [6.07, 6.45) is 0. The number of nitrogens with one attached hydrogen (secondary N) is 1. The summed E-state index contributed by atoms with van der Waals surface area (Å²) in [5.74, 6) is -0.162. The van der Waals surface area contributed by atoms with Gasteiger partial charge in [0.05, 0.1) is 7.11 Å². The summed E-state index contributed by atoms with van der Waals surface area (Å²) < 4.78 is 27.0. The van der Waals surface area contributed by atoms with Crippen LogP contribution in [0.3, 0.4) is 0 Å². The Hall–Kier alpha value is -1.36. The lowest BCUT2D eigenvalue weighted by Gasteiger charge is -2.20. The van der Waals surface area contributed by atoms with Gasteiger partial charge in [-0.25, -0.2) is 4.57 Å². The Morgan fingerprint density at radius 1 is 1.26 bits per heavy atom. The van der Waals surface area contributed by atoms with Crippen LogP contribution in [0.4, 0.5) is 0 Å². The van der Waals surface area contributed by atoms with Gasteiger partial charge in [0.1, 0.15) is 11.8 Å². The molecule has 2 atom stereocenters. The van der Waals surface area contributed by atoms with Gasteiger partial charge >= 0.3 is 13.7 Å². The molecule has 0 saturated carbocycles. The van der Waals surface area contributed by atoms with E-state index in [1.165, 1.54) is 21.1 Å². The number of ether oxygens (including phenoxy) is 1. The van der Waals surface area contributed by atoms with Crippen molar-refractivity contribution in [1.29, 1.82) is 0 Å². The summed E-state index contributed by atoms with van der Waals surface area (Å²) in [6.45, 7) is 3.44. The molecule has 1 aromatic rings. The van der Waals surface area contributed by atoms with Gasteiger partial charge in [-0.3, -0.25) is 9.32 Å². The van der Waals surface area contributed by atoms with E-state index < -0.39 is 19.8 Å². The highest BCUT2D eigenvalue weighted by atomic mass is 31.2. The average Bonchev–Trinajstić information content (AvgIpc) is 2.40. The minimum absolute atomic E-state index is 0.389. The van der Waals surface area contributed by atoms with Gasteiger partial charge < -0.3 is 9.26 Å². The first kappa shape index (κ1) is 15.7. The maximum absolute atomic E-state index is 12.3. The molecule has 0 radical (unpaired) electrons. The van der Waals surface area contributed by atoms with E-state index in [1.807, 2.05) is 19.1 Å². The number of hydrogen-bond donors (Lipinski definition) is 1. The number of methoxy groups -OCH3 is 1. The summed E-state index contributed by atoms with van der Waals surface area (Å²) in [7, 11) is -1.12. The maximum atomic E-state index is 12.3. The van der Waals surface area contributed by atoms with Gasteiger partial charge in [-0.05, 0) is 26.0 Å². The normalized spacial score (nSPS) is 15.4. The zero-order valence-electron chi connectivity index (χ0n) is 11.4. The van der Waals surface area contributed by atoms with Crippen LogP contribution in [-0.2, 0) is 18.6 Å². The highest BCUT2D eigenvalue weighted by molar-refractivity contribution is 7.52. The van der Waals surface area contributed by atoms with Crippen LogP contribution in [0.15, 0.2) is 24.3 Å². The summed E-state index contributed by atoms with van der Waals surface area (Å²) >= 11 is 0. The van der Waals surface area contributed by atoms with Gasteiger partial charge in [0.25, 0.3) is 0 Å². The van der Waals surface area contributed by atoms with Crippen LogP contribution in [0.5, 0.6) is 5.75 Å². The molecule has 1 aromatic carbocycles. The van der Waals surface area contributed by atoms with Gasteiger partial charge in [0.15, 0.2) is 0 Å². The fourth-order valence-electron chi connectivity index (χ4n) is 1.32. The van der Waals surface area contributed by atoms with Crippen molar-refractivity contribution in [2.24, 2.45) is 0 Å². The smallest absolute Gasteiger partial charge is 0.459 e. The first-order valence-electron chi connectivity index (χ1n) is 5.68. The predicted molar refractivity (Wildman–Crippen MR) is 71.0 cm³/mol. The second kappa shape index (κ2) is 6.70. The lowest BCUT2D eigenvalue weighted by Crippen LogP contribution is -2.34. The monoisotopic (exact) mass is 287 g/mol. The quantitative estimate of drug-likeness (QED) is 0.639. The number of hydrogen-bond acceptors (Lipinski definition) is 5. The Labute approximate surface area is 112 Å². The molecule has 0 aliphatic carbocycles. The van der Waals surface area contributed by atoms with Crippen LogP contribution in [0.2, 0.25) is 0 Å². The van der Waals surface area contributed by atoms with Gasteiger partial charge in [0, 0.05) is 7.11 Å². The molecule has 0 saturated heterocycles. The third kappa shape index (κ3) is 4.67. The van der Waals surface area contributed by atoms with Crippen molar-refractivity contribution in [3.63, 3.8) is 0 Å². The largest absolute Gasteiger partial charge is 0.468 e. The van der Waals surface area contributed by atoms with Gasteiger partial charge in [-0.1, -0.05) is 17.7 Å². The standard InChI is InChI=1S/C12H18NO5P/c1-9-5-7-11(8-6-9)18-19(15,17-4)13-10(2)12(14)16-3/h5-8,10H,1-4H3,(H,13,15). The van der Waals surface area contributed by atoms with E-state index in [4.69, 9.17) is 9.05 Å². The van der Waals surface area contributed by atoms with Crippen LogP contribution in [0, 0.1) is 6.92 Å².